The fourth-order valence-corrected chi connectivity index (χ4v) is 2.74. The van der Waals surface area contributed by atoms with Crippen molar-refractivity contribution < 1.29 is 0 Å². The second-order valence-electron chi connectivity index (χ2n) is 5.06. The van der Waals surface area contributed by atoms with Crippen molar-refractivity contribution in [2.45, 2.75) is 19.3 Å². The Balaban J connectivity index is 1.75. The molecular weight excluding hydrogens is 258 g/mol. The summed E-state index contributed by atoms with van der Waals surface area (Å²) in [6, 6.07) is 12.5. The average Bonchev–Trinajstić information content (AvgIpc) is 2.89. The standard InChI is InChI=1S/C15H16ClN3/c1-11-3-2-4-12(9-11)13-7-8-19(10-13)15-6-5-14(16)17-18-15/h2-6,9,13H,7-8,10H2,1H3. The van der Waals surface area contributed by atoms with Gasteiger partial charge in [0.15, 0.2) is 11.0 Å². The van der Waals surface area contributed by atoms with Gasteiger partial charge in [-0.3, -0.25) is 0 Å². The molecule has 0 amide bonds. The average molecular weight is 274 g/mol. The van der Waals surface area contributed by atoms with E-state index in [0.717, 1.165) is 25.3 Å². The first kappa shape index (κ1) is 12.4. The SMILES string of the molecule is Cc1cccc(C2CCN(c3ccc(Cl)nn3)C2)c1. The molecule has 1 saturated heterocycles. The maximum absolute atomic E-state index is 5.77. The molecule has 0 spiro atoms. The highest BCUT2D eigenvalue weighted by atomic mass is 35.5. The van der Waals surface area contributed by atoms with E-state index in [9.17, 15) is 0 Å². The number of anilines is 1. The molecule has 98 valence electrons. The highest BCUT2D eigenvalue weighted by molar-refractivity contribution is 6.29. The van der Waals surface area contributed by atoms with Crippen LogP contribution in [0.2, 0.25) is 5.15 Å². The minimum absolute atomic E-state index is 0.443. The summed E-state index contributed by atoms with van der Waals surface area (Å²) in [5.74, 6) is 1.50. The molecule has 1 aliphatic rings. The van der Waals surface area contributed by atoms with Crippen LogP contribution in [0.5, 0.6) is 0 Å². The summed E-state index contributed by atoms with van der Waals surface area (Å²) >= 11 is 5.77. The number of hydrogen-bond acceptors (Lipinski definition) is 3. The van der Waals surface area contributed by atoms with Crippen LogP contribution in [0, 0.1) is 6.92 Å². The lowest BCUT2D eigenvalue weighted by Crippen LogP contribution is -2.20. The van der Waals surface area contributed by atoms with Crippen molar-refractivity contribution in [2.75, 3.05) is 18.0 Å². The van der Waals surface area contributed by atoms with Crippen LogP contribution in [0.15, 0.2) is 36.4 Å². The normalized spacial score (nSPS) is 18.8. The van der Waals surface area contributed by atoms with E-state index in [1.165, 1.54) is 11.1 Å². The monoisotopic (exact) mass is 273 g/mol. The van der Waals surface area contributed by atoms with E-state index in [1.807, 2.05) is 6.07 Å². The van der Waals surface area contributed by atoms with Crippen LogP contribution in [-0.2, 0) is 0 Å². The van der Waals surface area contributed by atoms with Gasteiger partial charge in [-0.2, -0.15) is 0 Å². The fraction of sp³-hybridized carbons (Fsp3) is 0.333. The van der Waals surface area contributed by atoms with Crippen molar-refractivity contribution in [1.29, 1.82) is 0 Å². The van der Waals surface area contributed by atoms with Gasteiger partial charge in [-0.15, -0.1) is 10.2 Å². The number of hydrogen-bond donors (Lipinski definition) is 0. The van der Waals surface area contributed by atoms with Gasteiger partial charge in [0.2, 0.25) is 0 Å². The molecule has 1 aromatic carbocycles. The van der Waals surface area contributed by atoms with Crippen molar-refractivity contribution >= 4 is 17.4 Å². The first-order chi connectivity index (χ1) is 9.22. The van der Waals surface area contributed by atoms with E-state index < -0.39 is 0 Å². The third kappa shape index (κ3) is 2.71. The summed E-state index contributed by atoms with van der Waals surface area (Å²) in [5.41, 5.74) is 2.74. The Morgan fingerprint density at radius 1 is 1.21 bits per heavy atom. The van der Waals surface area contributed by atoms with E-state index >= 15 is 0 Å². The predicted octanol–water partition coefficient (Wildman–Crippen LogP) is 3.43. The van der Waals surface area contributed by atoms with Crippen molar-refractivity contribution in [3.63, 3.8) is 0 Å². The van der Waals surface area contributed by atoms with E-state index in [1.54, 1.807) is 6.07 Å². The Labute approximate surface area is 118 Å². The van der Waals surface area contributed by atoms with Crippen LogP contribution in [-0.4, -0.2) is 23.3 Å². The van der Waals surface area contributed by atoms with Crippen LogP contribution in [0.4, 0.5) is 5.82 Å². The summed E-state index contributed by atoms with van der Waals surface area (Å²) in [4.78, 5) is 2.27. The first-order valence-corrected chi connectivity index (χ1v) is 6.91. The molecule has 0 radical (unpaired) electrons. The third-order valence-corrected chi connectivity index (χ3v) is 3.85. The number of aryl methyl sites for hydroxylation is 1. The van der Waals surface area contributed by atoms with Crippen molar-refractivity contribution in [1.82, 2.24) is 10.2 Å². The van der Waals surface area contributed by atoms with E-state index in [-0.39, 0.29) is 0 Å². The first-order valence-electron chi connectivity index (χ1n) is 6.53. The molecule has 0 bridgehead atoms. The Kier molecular flexibility index (Phi) is 3.38. The molecule has 4 heteroatoms. The fourth-order valence-electron chi connectivity index (χ4n) is 2.64. The Morgan fingerprint density at radius 2 is 2.11 bits per heavy atom. The van der Waals surface area contributed by atoms with E-state index in [0.29, 0.717) is 11.1 Å². The predicted molar refractivity (Wildman–Crippen MR) is 77.8 cm³/mol. The zero-order chi connectivity index (χ0) is 13.2. The molecule has 1 aromatic heterocycles. The van der Waals surface area contributed by atoms with Gasteiger partial charge in [-0.1, -0.05) is 41.4 Å². The third-order valence-electron chi connectivity index (χ3n) is 3.64. The van der Waals surface area contributed by atoms with Crippen molar-refractivity contribution in [3.05, 3.63) is 52.7 Å². The van der Waals surface area contributed by atoms with Gasteiger partial charge in [0.25, 0.3) is 0 Å². The largest absolute Gasteiger partial charge is 0.354 e. The topological polar surface area (TPSA) is 29.0 Å². The van der Waals surface area contributed by atoms with Gasteiger partial charge in [0.1, 0.15) is 0 Å². The Morgan fingerprint density at radius 3 is 2.84 bits per heavy atom. The number of aromatic nitrogens is 2. The summed E-state index contributed by atoms with van der Waals surface area (Å²) < 4.78 is 0. The lowest BCUT2D eigenvalue weighted by molar-refractivity contribution is 0.772. The van der Waals surface area contributed by atoms with Gasteiger partial charge in [0.05, 0.1) is 0 Å². The molecule has 1 unspecified atom stereocenters. The molecule has 1 aliphatic heterocycles. The molecule has 19 heavy (non-hydrogen) atoms. The molecule has 0 saturated carbocycles. The quantitative estimate of drug-likeness (QED) is 0.839. The van der Waals surface area contributed by atoms with Gasteiger partial charge in [-0.25, -0.2) is 0 Å². The number of nitrogens with zero attached hydrogens (tertiary/aromatic N) is 3. The van der Waals surface area contributed by atoms with E-state index in [2.05, 4.69) is 46.3 Å². The minimum atomic E-state index is 0.443. The van der Waals surface area contributed by atoms with Gasteiger partial charge in [0, 0.05) is 19.0 Å². The van der Waals surface area contributed by atoms with Gasteiger partial charge in [-0.05, 0) is 31.0 Å². The molecule has 0 N–H and O–H groups in total. The number of benzene rings is 1. The summed E-state index contributed by atoms with van der Waals surface area (Å²) in [5, 5.41) is 8.50. The minimum Gasteiger partial charge on any atom is -0.354 e. The van der Waals surface area contributed by atoms with E-state index in [4.69, 9.17) is 11.6 Å². The molecule has 1 atom stereocenters. The van der Waals surface area contributed by atoms with Crippen LogP contribution in [0.3, 0.4) is 0 Å². The lowest BCUT2D eigenvalue weighted by Gasteiger charge is -2.17. The van der Waals surface area contributed by atoms with Gasteiger partial charge >= 0.3 is 0 Å². The van der Waals surface area contributed by atoms with Crippen LogP contribution in [0.1, 0.15) is 23.5 Å². The zero-order valence-electron chi connectivity index (χ0n) is 10.9. The highest BCUT2D eigenvalue weighted by Gasteiger charge is 2.24. The molecule has 2 heterocycles. The maximum Gasteiger partial charge on any atom is 0.151 e. The second kappa shape index (κ2) is 5.17. The van der Waals surface area contributed by atoms with Crippen molar-refractivity contribution in [2.24, 2.45) is 0 Å². The zero-order valence-corrected chi connectivity index (χ0v) is 11.6. The van der Waals surface area contributed by atoms with Crippen molar-refractivity contribution in [3.8, 4) is 0 Å². The summed E-state index contributed by atoms with van der Waals surface area (Å²) in [7, 11) is 0. The molecule has 2 aromatic rings. The molecule has 3 nitrogen and oxygen atoms in total. The lowest BCUT2D eigenvalue weighted by atomic mass is 9.97. The Hall–Kier alpha value is -1.61. The molecule has 1 fully saturated rings. The van der Waals surface area contributed by atoms with Crippen LogP contribution in [0.25, 0.3) is 0 Å². The summed E-state index contributed by atoms with van der Waals surface area (Å²) in [6.45, 7) is 4.16. The van der Waals surface area contributed by atoms with Crippen LogP contribution < -0.4 is 4.90 Å². The highest BCUT2D eigenvalue weighted by Crippen LogP contribution is 2.30. The molecule has 0 aliphatic carbocycles. The maximum atomic E-state index is 5.77. The smallest absolute Gasteiger partial charge is 0.151 e. The number of halogens is 1. The number of rotatable bonds is 2. The molecule has 3 rings (SSSR count). The Bertz CT molecular complexity index is 568. The van der Waals surface area contributed by atoms with Gasteiger partial charge < -0.3 is 4.90 Å². The molecular formula is C15H16ClN3. The summed E-state index contributed by atoms with van der Waals surface area (Å²) in [6.07, 6.45) is 1.16. The van der Waals surface area contributed by atoms with Crippen LogP contribution >= 0.6 is 11.6 Å². The second-order valence-corrected chi connectivity index (χ2v) is 5.45.